The van der Waals surface area contributed by atoms with Crippen molar-refractivity contribution in [3.63, 3.8) is 0 Å². The van der Waals surface area contributed by atoms with Gasteiger partial charge in [0.15, 0.2) is 6.10 Å². The van der Waals surface area contributed by atoms with Crippen LogP contribution >= 0.6 is 0 Å². The molecular formula is C14H19N3O. The molecule has 18 heavy (non-hydrogen) atoms. The van der Waals surface area contributed by atoms with Gasteiger partial charge in [-0.1, -0.05) is 19.1 Å². The Kier molecular flexibility index (Phi) is 4.19. The molecule has 96 valence electrons. The fraction of sp³-hybridized carbons (Fsp3) is 0.500. The summed E-state index contributed by atoms with van der Waals surface area (Å²) >= 11 is 0. The maximum atomic E-state index is 8.89. The van der Waals surface area contributed by atoms with Gasteiger partial charge in [0.05, 0.1) is 19.2 Å². The number of nitriles is 1. The van der Waals surface area contributed by atoms with E-state index in [2.05, 4.69) is 42.2 Å². The van der Waals surface area contributed by atoms with E-state index < -0.39 is 0 Å². The molecule has 1 aromatic rings. The van der Waals surface area contributed by atoms with Crippen LogP contribution in [0.4, 0.5) is 5.69 Å². The van der Waals surface area contributed by atoms with Gasteiger partial charge in [-0.15, -0.1) is 0 Å². The molecule has 0 bridgehead atoms. The number of hydrogen-bond acceptors (Lipinski definition) is 4. The van der Waals surface area contributed by atoms with Gasteiger partial charge in [-0.3, -0.25) is 0 Å². The van der Waals surface area contributed by atoms with E-state index in [1.165, 1.54) is 0 Å². The molecule has 1 heterocycles. The standard InChI is InChI=1S/C14H19N3O/c1-2-14(16)11-3-5-12(6-4-11)17-7-8-18-13(9-15)10-17/h3-6,13-14H,2,7-8,10,16H2,1H3/t13?,14-/m1/s1. The average Bonchev–Trinajstić information content (AvgIpc) is 2.46. The van der Waals surface area contributed by atoms with Gasteiger partial charge in [-0.2, -0.15) is 5.26 Å². The van der Waals surface area contributed by atoms with Crippen molar-refractivity contribution in [3.8, 4) is 6.07 Å². The number of morpholine rings is 1. The zero-order valence-electron chi connectivity index (χ0n) is 10.7. The summed E-state index contributed by atoms with van der Waals surface area (Å²) in [5, 5.41) is 8.89. The van der Waals surface area contributed by atoms with Crippen molar-refractivity contribution in [3.05, 3.63) is 29.8 Å². The first kappa shape index (κ1) is 12.9. The van der Waals surface area contributed by atoms with E-state index in [9.17, 15) is 0 Å². The molecule has 0 spiro atoms. The van der Waals surface area contributed by atoms with Crippen LogP contribution in [0.3, 0.4) is 0 Å². The lowest BCUT2D eigenvalue weighted by molar-refractivity contribution is 0.0764. The van der Waals surface area contributed by atoms with Crippen LogP contribution < -0.4 is 10.6 Å². The molecule has 0 aromatic heterocycles. The predicted octanol–water partition coefficient (Wildman–Crippen LogP) is 1.83. The third-order valence-corrected chi connectivity index (χ3v) is 3.34. The Bertz CT molecular complexity index is 424. The Balaban J connectivity index is 2.07. The van der Waals surface area contributed by atoms with Crippen molar-refractivity contribution in [2.45, 2.75) is 25.5 Å². The Morgan fingerprint density at radius 1 is 1.50 bits per heavy atom. The first-order valence-electron chi connectivity index (χ1n) is 6.36. The van der Waals surface area contributed by atoms with E-state index in [1.807, 2.05) is 0 Å². The van der Waals surface area contributed by atoms with Gasteiger partial charge >= 0.3 is 0 Å². The lowest BCUT2D eigenvalue weighted by Gasteiger charge is -2.31. The number of benzene rings is 1. The maximum Gasteiger partial charge on any atom is 0.161 e. The van der Waals surface area contributed by atoms with Crippen LogP contribution in [-0.2, 0) is 4.74 Å². The molecule has 0 amide bonds. The SMILES string of the molecule is CC[C@@H](N)c1ccc(N2CCOC(C#N)C2)cc1. The summed E-state index contributed by atoms with van der Waals surface area (Å²) in [4.78, 5) is 2.18. The molecule has 1 saturated heterocycles. The van der Waals surface area contributed by atoms with E-state index >= 15 is 0 Å². The van der Waals surface area contributed by atoms with E-state index in [-0.39, 0.29) is 12.1 Å². The summed E-state index contributed by atoms with van der Waals surface area (Å²) in [6.45, 7) is 4.15. The van der Waals surface area contributed by atoms with Gasteiger partial charge in [0.1, 0.15) is 0 Å². The molecule has 0 radical (unpaired) electrons. The van der Waals surface area contributed by atoms with E-state index in [0.717, 1.165) is 24.2 Å². The Labute approximate surface area is 108 Å². The average molecular weight is 245 g/mol. The fourth-order valence-electron chi connectivity index (χ4n) is 2.13. The third kappa shape index (κ3) is 2.81. The van der Waals surface area contributed by atoms with Crippen LogP contribution in [0.25, 0.3) is 0 Å². The number of anilines is 1. The van der Waals surface area contributed by atoms with Gasteiger partial charge in [0, 0.05) is 18.3 Å². The molecular weight excluding hydrogens is 226 g/mol. The lowest BCUT2D eigenvalue weighted by Crippen LogP contribution is -2.41. The van der Waals surface area contributed by atoms with Crippen LogP contribution in [0, 0.1) is 11.3 Å². The molecule has 1 fully saturated rings. The summed E-state index contributed by atoms with van der Waals surface area (Å²) in [6, 6.07) is 10.6. The molecule has 4 nitrogen and oxygen atoms in total. The third-order valence-electron chi connectivity index (χ3n) is 3.34. The largest absolute Gasteiger partial charge is 0.366 e. The van der Waals surface area contributed by atoms with Crippen molar-refractivity contribution < 1.29 is 4.74 Å². The van der Waals surface area contributed by atoms with E-state index in [4.69, 9.17) is 15.7 Å². The number of nitrogens with two attached hydrogens (primary N) is 1. The van der Waals surface area contributed by atoms with Crippen molar-refractivity contribution in [2.24, 2.45) is 5.73 Å². The zero-order valence-corrected chi connectivity index (χ0v) is 10.7. The highest BCUT2D eigenvalue weighted by Crippen LogP contribution is 2.21. The minimum atomic E-state index is -0.323. The second-order valence-electron chi connectivity index (χ2n) is 4.54. The van der Waals surface area contributed by atoms with Crippen molar-refractivity contribution in [1.29, 1.82) is 5.26 Å². The van der Waals surface area contributed by atoms with Crippen LogP contribution in [-0.4, -0.2) is 25.8 Å². The minimum absolute atomic E-state index is 0.107. The number of nitrogens with zero attached hydrogens (tertiary/aromatic N) is 2. The van der Waals surface area contributed by atoms with Crippen LogP contribution in [0.15, 0.2) is 24.3 Å². The second-order valence-corrected chi connectivity index (χ2v) is 4.54. The second kappa shape index (κ2) is 5.85. The van der Waals surface area contributed by atoms with Gasteiger partial charge < -0.3 is 15.4 Å². The van der Waals surface area contributed by atoms with Crippen LogP contribution in [0.5, 0.6) is 0 Å². The summed E-state index contributed by atoms with van der Waals surface area (Å²) in [6.07, 6.45) is 0.615. The van der Waals surface area contributed by atoms with Crippen molar-refractivity contribution in [2.75, 3.05) is 24.6 Å². The van der Waals surface area contributed by atoms with Crippen LogP contribution in [0.1, 0.15) is 24.9 Å². The molecule has 0 saturated carbocycles. The zero-order chi connectivity index (χ0) is 13.0. The molecule has 2 atom stereocenters. The van der Waals surface area contributed by atoms with Gasteiger partial charge in [0.25, 0.3) is 0 Å². The minimum Gasteiger partial charge on any atom is -0.366 e. The highest BCUT2D eigenvalue weighted by atomic mass is 16.5. The Hall–Kier alpha value is -1.57. The van der Waals surface area contributed by atoms with Gasteiger partial charge in [0.2, 0.25) is 0 Å². The smallest absolute Gasteiger partial charge is 0.161 e. The maximum absolute atomic E-state index is 8.89. The molecule has 4 heteroatoms. The first-order valence-corrected chi connectivity index (χ1v) is 6.36. The highest BCUT2D eigenvalue weighted by Gasteiger charge is 2.20. The van der Waals surface area contributed by atoms with Gasteiger partial charge in [-0.25, -0.2) is 0 Å². The number of rotatable bonds is 3. The lowest BCUT2D eigenvalue weighted by atomic mass is 10.0. The molecule has 1 aromatic carbocycles. The topological polar surface area (TPSA) is 62.3 Å². The quantitative estimate of drug-likeness (QED) is 0.882. The summed E-state index contributed by atoms with van der Waals surface area (Å²) in [5.74, 6) is 0. The molecule has 1 unspecified atom stereocenters. The Morgan fingerprint density at radius 3 is 2.83 bits per heavy atom. The van der Waals surface area contributed by atoms with Crippen molar-refractivity contribution >= 4 is 5.69 Å². The van der Waals surface area contributed by atoms with E-state index in [1.54, 1.807) is 0 Å². The van der Waals surface area contributed by atoms with Crippen LogP contribution in [0.2, 0.25) is 0 Å². The first-order chi connectivity index (χ1) is 8.74. The fourth-order valence-corrected chi connectivity index (χ4v) is 2.13. The summed E-state index contributed by atoms with van der Waals surface area (Å²) in [7, 11) is 0. The summed E-state index contributed by atoms with van der Waals surface area (Å²) < 4.78 is 5.34. The molecule has 0 aliphatic carbocycles. The molecule has 1 aliphatic rings. The number of hydrogen-bond donors (Lipinski definition) is 1. The van der Waals surface area contributed by atoms with Crippen molar-refractivity contribution in [1.82, 2.24) is 0 Å². The predicted molar refractivity (Wildman–Crippen MR) is 71.2 cm³/mol. The van der Waals surface area contributed by atoms with E-state index in [0.29, 0.717) is 13.2 Å². The molecule has 2 N–H and O–H groups in total. The molecule has 1 aliphatic heterocycles. The highest BCUT2D eigenvalue weighted by molar-refractivity contribution is 5.48. The normalized spacial score (nSPS) is 21.4. The summed E-state index contributed by atoms with van der Waals surface area (Å²) in [5.41, 5.74) is 8.28. The number of ether oxygens (including phenoxy) is 1. The Morgan fingerprint density at radius 2 is 2.22 bits per heavy atom. The molecule has 2 rings (SSSR count). The monoisotopic (exact) mass is 245 g/mol. The van der Waals surface area contributed by atoms with Gasteiger partial charge in [-0.05, 0) is 24.1 Å².